The molecule has 13 heavy (non-hydrogen) atoms. The highest BCUT2D eigenvalue weighted by atomic mass is 127. The van der Waals surface area contributed by atoms with Gasteiger partial charge in [0.2, 0.25) is 0 Å². The zero-order valence-electron chi connectivity index (χ0n) is 6.37. The third kappa shape index (κ3) is 2.00. The van der Waals surface area contributed by atoms with Gasteiger partial charge in [-0.15, -0.1) is 0 Å². The van der Waals surface area contributed by atoms with E-state index in [2.05, 4.69) is 32.7 Å². The van der Waals surface area contributed by atoms with E-state index in [1.807, 2.05) is 24.3 Å². The van der Waals surface area contributed by atoms with Crippen molar-refractivity contribution in [3.8, 4) is 11.5 Å². The van der Waals surface area contributed by atoms with Crippen molar-refractivity contribution < 1.29 is 4.52 Å². The minimum absolute atomic E-state index is 0.133. The van der Waals surface area contributed by atoms with E-state index < -0.39 is 0 Å². The predicted octanol–water partition coefficient (Wildman–Crippen LogP) is 2.99. The molecular formula is C8H4ClIN2O. The molecule has 2 aromatic rings. The van der Waals surface area contributed by atoms with Crippen LogP contribution < -0.4 is 0 Å². The molecule has 0 N–H and O–H groups in total. The second-order valence-electron chi connectivity index (χ2n) is 2.38. The Morgan fingerprint density at radius 3 is 2.85 bits per heavy atom. The molecule has 0 saturated heterocycles. The Kier molecular flexibility index (Phi) is 2.50. The Morgan fingerprint density at radius 2 is 2.23 bits per heavy atom. The largest absolute Gasteiger partial charge is 0.333 e. The van der Waals surface area contributed by atoms with Crippen molar-refractivity contribution in [1.82, 2.24) is 10.1 Å². The summed E-state index contributed by atoms with van der Waals surface area (Å²) in [4.78, 5) is 3.91. The maximum atomic E-state index is 5.53. The monoisotopic (exact) mass is 306 g/mol. The predicted molar refractivity (Wildman–Crippen MR) is 57.5 cm³/mol. The highest BCUT2D eigenvalue weighted by Gasteiger charge is 2.06. The molecule has 1 aromatic heterocycles. The number of rotatable bonds is 1. The van der Waals surface area contributed by atoms with Crippen LogP contribution in [-0.4, -0.2) is 10.1 Å². The van der Waals surface area contributed by atoms with Crippen LogP contribution in [0.4, 0.5) is 0 Å². The van der Waals surface area contributed by atoms with Crippen LogP contribution in [0.15, 0.2) is 28.8 Å². The van der Waals surface area contributed by atoms with Gasteiger partial charge in [-0.3, -0.25) is 0 Å². The molecule has 0 radical (unpaired) electrons. The molecule has 0 unspecified atom stereocenters. The minimum Gasteiger partial charge on any atom is -0.333 e. The van der Waals surface area contributed by atoms with E-state index in [1.165, 1.54) is 0 Å². The molecule has 2 rings (SSSR count). The van der Waals surface area contributed by atoms with Crippen LogP contribution >= 0.6 is 34.2 Å². The lowest BCUT2D eigenvalue weighted by Crippen LogP contribution is -1.77. The SMILES string of the molecule is Clc1noc(-c2cccc(I)c2)n1. The Bertz CT molecular complexity index is 430. The van der Waals surface area contributed by atoms with Crippen LogP contribution in [0.2, 0.25) is 5.28 Å². The molecular weight excluding hydrogens is 302 g/mol. The molecule has 3 nitrogen and oxygen atoms in total. The molecule has 1 aromatic carbocycles. The van der Waals surface area contributed by atoms with E-state index in [0.717, 1.165) is 9.13 Å². The second-order valence-corrected chi connectivity index (χ2v) is 3.96. The van der Waals surface area contributed by atoms with Gasteiger partial charge in [-0.1, -0.05) is 6.07 Å². The summed E-state index contributed by atoms with van der Waals surface area (Å²) in [6.07, 6.45) is 0. The zero-order valence-corrected chi connectivity index (χ0v) is 9.28. The van der Waals surface area contributed by atoms with Crippen LogP contribution in [0, 0.1) is 3.57 Å². The van der Waals surface area contributed by atoms with Crippen LogP contribution in [0.1, 0.15) is 0 Å². The van der Waals surface area contributed by atoms with E-state index in [4.69, 9.17) is 16.1 Å². The van der Waals surface area contributed by atoms with Crippen molar-refractivity contribution in [3.05, 3.63) is 33.1 Å². The maximum absolute atomic E-state index is 5.53. The first-order chi connectivity index (χ1) is 6.25. The van der Waals surface area contributed by atoms with E-state index in [0.29, 0.717) is 5.89 Å². The molecule has 0 fully saturated rings. The van der Waals surface area contributed by atoms with Crippen molar-refractivity contribution in [2.75, 3.05) is 0 Å². The molecule has 5 heteroatoms. The highest BCUT2D eigenvalue weighted by Crippen LogP contribution is 2.20. The van der Waals surface area contributed by atoms with Gasteiger partial charge in [-0.05, 0) is 57.5 Å². The smallest absolute Gasteiger partial charge is 0.264 e. The lowest BCUT2D eigenvalue weighted by molar-refractivity contribution is 0.430. The number of hydrogen-bond donors (Lipinski definition) is 0. The maximum Gasteiger partial charge on any atom is 0.264 e. The Hall–Kier alpha value is -0.620. The molecule has 0 aliphatic carbocycles. The lowest BCUT2D eigenvalue weighted by atomic mass is 10.2. The topological polar surface area (TPSA) is 38.9 Å². The van der Waals surface area contributed by atoms with Crippen LogP contribution in [0.25, 0.3) is 11.5 Å². The van der Waals surface area contributed by atoms with Crippen molar-refractivity contribution in [2.45, 2.75) is 0 Å². The Balaban J connectivity index is 2.46. The first kappa shape index (κ1) is 8.96. The van der Waals surface area contributed by atoms with Crippen molar-refractivity contribution in [2.24, 2.45) is 0 Å². The zero-order chi connectivity index (χ0) is 9.26. The average molecular weight is 306 g/mol. The molecule has 0 saturated carbocycles. The molecule has 0 aliphatic heterocycles. The van der Waals surface area contributed by atoms with E-state index >= 15 is 0 Å². The van der Waals surface area contributed by atoms with Gasteiger partial charge in [0, 0.05) is 9.13 Å². The molecule has 0 aliphatic rings. The lowest BCUT2D eigenvalue weighted by Gasteiger charge is -1.93. The Labute approximate surface area is 93.2 Å². The number of benzene rings is 1. The average Bonchev–Trinajstić information content (AvgIpc) is 2.52. The Morgan fingerprint density at radius 1 is 1.38 bits per heavy atom. The van der Waals surface area contributed by atoms with Crippen molar-refractivity contribution >= 4 is 34.2 Å². The van der Waals surface area contributed by atoms with Gasteiger partial charge in [0.15, 0.2) is 0 Å². The van der Waals surface area contributed by atoms with Gasteiger partial charge in [-0.25, -0.2) is 0 Å². The van der Waals surface area contributed by atoms with Gasteiger partial charge in [0.05, 0.1) is 0 Å². The minimum atomic E-state index is 0.133. The summed E-state index contributed by atoms with van der Waals surface area (Å²) in [5.41, 5.74) is 0.881. The fraction of sp³-hybridized carbons (Fsp3) is 0. The van der Waals surface area contributed by atoms with Crippen molar-refractivity contribution in [3.63, 3.8) is 0 Å². The van der Waals surface area contributed by atoms with E-state index in [-0.39, 0.29) is 5.28 Å². The first-order valence-electron chi connectivity index (χ1n) is 3.51. The quantitative estimate of drug-likeness (QED) is 0.760. The molecule has 0 atom stereocenters. The summed E-state index contributed by atoms with van der Waals surface area (Å²) in [5, 5.41) is 3.63. The fourth-order valence-electron chi connectivity index (χ4n) is 0.944. The van der Waals surface area contributed by atoms with Crippen molar-refractivity contribution in [1.29, 1.82) is 0 Å². The molecule has 0 spiro atoms. The number of nitrogens with zero attached hydrogens (tertiary/aromatic N) is 2. The van der Waals surface area contributed by atoms with Gasteiger partial charge in [0.1, 0.15) is 0 Å². The normalized spacial score (nSPS) is 10.3. The van der Waals surface area contributed by atoms with Crippen LogP contribution in [-0.2, 0) is 0 Å². The summed E-state index contributed by atoms with van der Waals surface area (Å²) in [6.45, 7) is 0. The summed E-state index contributed by atoms with van der Waals surface area (Å²) < 4.78 is 6.02. The highest BCUT2D eigenvalue weighted by molar-refractivity contribution is 14.1. The van der Waals surface area contributed by atoms with E-state index in [1.54, 1.807) is 0 Å². The number of halogens is 2. The second kappa shape index (κ2) is 3.63. The number of aromatic nitrogens is 2. The van der Waals surface area contributed by atoms with Gasteiger partial charge < -0.3 is 4.52 Å². The van der Waals surface area contributed by atoms with Crippen LogP contribution in [0.5, 0.6) is 0 Å². The third-order valence-corrected chi connectivity index (χ3v) is 2.30. The van der Waals surface area contributed by atoms with Crippen LogP contribution in [0.3, 0.4) is 0 Å². The molecule has 1 heterocycles. The molecule has 0 amide bonds. The fourth-order valence-corrected chi connectivity index (χ4v) is 1.60. The summed E-state index contributed by atoms with van der Waals surface area (Å²) in [7, 11) is 0. The standard InChI is InChI=1S/C8H4ClIN2O/c9-8-11-7(13-12-8)5-2-1-3-6(10)4-5/h1-4H. The first-order valence-corrected chi connectivity index (χ1v) is 4.96. The van der Waals surface area contributed by atoms with Gasteiger partial charge >= 0.3 is 0 Å². The molecule has 0 bridgehead atoms. The molecule has 66 valence electrons. The third-order valence-electron chi connectivity index (χ3n) is 1.47. The van der Waals surface area contributed by atoms with Gasteiger partial charge in [0.25, 0.3) is 11.2 Å². The van der Waals surface area contributed by atoms with Gasteiger partial charge in [-0.2, -0.15) is 4.98 Å². The van der Waals surface area contributed by atoms with E-state index in [9.17, 15) is 0 Å². The summed E-state index contributed by atoms with van der Waals surface area (Å²) in [6, 6.07) is 7.76. The number of hydrogen-bond acceptors (Lipinski definition) is 3. The summed E-state index contributed by atoms with van der Waals surface area (Å²) in [5.74, 6) is 0.448. The summed E-state index contributed by atoms with van der Waals surface area (Å²) >= 11 is 7.75.